The lowest BCUT2D eigenvalue weighted by molar-refractivity contribution is 0.426. The van der Waals surface area contributed by atoms with Crippen molar-refractivity contribution in [3.8, 4) is 11.3 Å². The molecule has 35 heavy (non-hydrogen) atoms. The number of rotatable bonds is 8. The average Bonchev–Trinajstić information content (AvgIpc) is 3.36. The zero-order valence-electron chi connectivity index (χ0n) is 19.5. The van der Waals surface area contributed by atoms with E-state index in [1.165, 1.54) is 0 Å². The van der Waals surface area contributed by atoms with Gasteiger partial charge in [-0.25, -0.2) is 4.39 Å². The van der Waals surface area contributed by atoms with E-state index in [0.717, 1.165) is 35.1 Å². The fourth-order valence-electron chi connectivity index (χ4n) is 4.76. The first-order valence-corrected chi connectivity index (χ1v) is 11.8. The molecule has 5 aromatic rings. The second-order valence-corrected chi connectivity index (χ2v) is 9.05. The largest absolute Gasteiger partial charge is 0.333 e. The van der Waals surface area contributed by atoms with Crippen molar-refractivity contribution in [3.63, 3.8) is 0 Å². The molecule has 0 saturated carbocycles. The fourth-order valence-corrected chi connectivity index (χ4v) is 4.76. The molecule has 180 valence electrons. The van der Waals surface area contributed by atoms with Crippen LogP contribution in [-0.4, -0.2) is 27.5 Å². The van der Waals surface area contributed by atoms with E-state index in [1.54, 1.807) is 12.1 Å². The molecule has 0 amide bonds. The van der Waals surface area contributed by atoms with Crippen molar-refractivity contribution in [2.45, 2.75) is 38.8 Å². The van der Waals surface area contributed by atoms with Crippen molar-refractivity contribution in [1.82, 2.24) is 14.8 Å². The number of hydrogen-bond donors (Lipinski definition) is 2. The zero-order chi connectivity index (χ0) is 24.5. The summed E-state index contributed by atoms with van der Waals surface area (Å²) >= 11 is 0. The molecule has 0 saturated heterocycles. The third kappa shape index (κ3) is 4.32. The topological polar surface area (TPSA) is 59.6 Å². The minimum atomic E-state index is -0.645. The SMILES string of the molecule is Cc1ccccc1-c1c(F)c2c3c(F)[nH]nc3ccc2n1Cc1ccc(CCC(N)CCF)cc1. The van der Waals surface area contributed by atoms with Gasteiger partial charge in [0, 0.05) is 18.2 Å². The summed E-state index contributed by atoms with van der Waals surface area (Å²) in [7, 11) is 0. The third-order valence-corrected chi connectivity index (χ3v) is 6.69. The number of nitrogens with zero attached hydrogens (tertiary/aromatic N) is 2. The molecule has 2 aromatic heterocycles. The van der Waals surface area contributed by atoms with Crippen LogP contribution < -0.4 is 5.73 Å². The van der Waals surface area contributed by atoms with E-state index >= 15 is 4.39 Å². The van der Waals surface area contributed by atoms with Crippen LogP contribution in [0, 0.1) is 18.7 Å². The van der Waals surface area contributed by atoms with E-state index in [0.29, 0.717) is 29.7 Å². The summed E-state index contributed by atoms with van der Waals surface area (Å²) in [5, 5.41) is 6.69. The van der Waals surface area contributed by atoms with E-state index < -0.39 is 18.4 Å². The molecule has 2 heterocycles. The molecule has 0 spiro atoms. The highest BCUT2D eigenvalue weighted by Gasteiger charge is 2.24. The van der Waals surface area contributed by atoms with Gasteiger partial charge in [-0.05, 0) is 55.0 Å². The summed E-state index contributed by atoms with van der Waals surface area (Å²) in [6, 6.07) is 19.0. The number of halogens is 3. The van der Waals surface area contributed by atoms with Gasteiger partial charge in [-0.1, -0.05) is 48.5 Å². The number of aromatic nitrogens is 3. The Morgan fingerprint density at radius 3 is 2.43 bits per heavy atom. The summed E-state index contributed by atoms with van der Waals surface area (Å²) < 4.78 is 45.1. The molecule has 1 atom stereocenters. The van der Waals surface area contributed by atoms with Crippen LogP contribution in [-0.2, 0) is 13.0 Å². The fraction of sp³-hybridized carbons (Fsp3) is 0.250. The molecule has 3 aromatic carbocycles. The molecule has 4 nitrogen and oxygen atoms in total. The third-order valence-electron chi connectivity index (χ3n) is 6.69. The van der Waals surface area contributed by atoms with Gasteiger partial charge in [-0.3, -0.25) is 9.49 Å². The van der Waals surface area contributed by atoms with Gasteiger partial charge < -0.3 is 10.3 Å². The number of H-pyrrole nitrogens is 1. The van der Waals surface area contributed by atoms with Gasteiger partial charge in [0.2, 0.25) is 5.95 Å². The lowest BCUT2D eigenvalue weighted by Gasteiger charge is -2.14. The maximum Gasteiger partial charge on any atom is 0.217 e. The molecule has 0 fully saturated rings. The number of hydrogen-bond acceptors (Lipinski definition) is 2. The molecular weight excluding hydrogens is 449 g/mol. The quantitative estimate of drug-likeness (QED) is 0.271. The highest BCUT2D eigenvalue weighted by Crippen LogP contribution is 2.38. The Hall–Kier alpha value is -3.58. The maximum absolute atomic E-state index is 16.1. The standard InChI is InChI=1S/C28H27F3N4/c1-17-4-2-3-5-21(17)27-26(30)25-23(13-12-22-24(25)28(31)34-33-22)35(27)16-19-8-6-18(7-9-19)10-11-20(32)14-15-29/h2-9,12-13,20H,10-11,14-16,32H2,1H3,(H,33,34). The van der Waals surface area contributed by atoms with Crippen LogP contribution in [0.4, 0.5) is 13.2 Å². The van der Waals surface area contributed by atoms with Gasteiger partial charge in [0.25, 0.3) is 0 Å². The number of nitrogens with one attached hydrogen (secondary N) is 1. The van der Waals surface area contributed by atoms with E-state index in [4.69, 9.17) is 5.73 Å². The van der Waals surface area contributed by atoms with Crippen molar-refractivity contribution < 1.29 is 13.2 Å². The first kappa shape index (κ1) is 23.2. The Labute approximate surface area is 201 Å². The van der Waals surface area contributed by atoms with Crippen molar-refractivity contribution in [1.29, 1.82) is 0 Å². The zero-order valence-corrected chi connectivity index (χ0v) is 19.5. The molecule has 0 radical (unpaired) electrons. The van der Waals surface area contributed by atoms with E-state index in [1.807, 2.05) is 60.0 Å². The van der Waals surface area contributed by atoms with Crippen molar-refractivity contribution in [2.75, 3.05) is 6.67 Å². The Bertz CT molecular complexity index is 1480. The minimum Gasteiger partial charge on any atom is -0.333 e. The lowest BCUT2D eigenvalue weighted by Crippen LogP contribution is -2.21. The predicted octanol–water partition coefficient (Wildman–Crippen LogP) is 6.44. The van der Waals surface area contributed by atoms with Crippen molar-refractivity contribution in [2.24, 2.45) is 5.73 Å². The summed E-state index contributed by atoms with van der Waals surface area (Å²) in [6.45, 7) is 1.95. The number of aromatic amines is 1. The van der Waals surface area contributed by atoms with Crippen LogP contribution in [0.5, 0.6) is 0 Å². The van der Waals surface area contributed by atoms with E-state index in [-0.39, 0.29) is 16.8 Å². The lowest BCUT2D eigenvalue weighted by atomic mass is 10.0. The van der Waals surface area contributed by atoms with E-state index in [9.17, 15) is 8.78 Å². The molecule has 0 aliphatic carbocycles. The van der Waals surface area contributed by atoms with Gasteiger partial charge in [0.05, 0.1) is 34.2 Å². The Kier molecular flexibility index (Phi) is 6.34. The van der Waals surface area contributed by atoms with Gasteiger partial charge >= 0.3 is 0 Å². The van der Waals surface area contributed by atoms with Crippen LogP contribution in [0.1, 0.15) is 29.5 Å². The number of benzene rings is 3. The molecule has 1 unspecified atom stereocenters. The Morgan fingerprint density at radius 2 is 1.69 bits per heavy atom. The summed E-state index contributed by atoms with van der Waals surface area (Å²) in [5.41, 5.74) is 11.1. The van der Waals surface area contributed by atoms with Gasteiger partial charge in [0.1, 0.15) is 0 Å². The van der Waals surface area contributed by atoms with Crippen molar-refractivity contribution >= 4 is 21.8 Å². The summed E-state index contributed by atoms with van der Waals surface area (Å²) in [4.78, 5) is 0. The average molecular weight is 477 g/mol. The first-order chi connectivity index (χ1) is 17.0. The molecule has 5 rings (SSSR count). The van der Waals surface area contributed by atoms with Crippen molar-refractivity contribution in [3.05, 3.63) is 89.1 Å². The Morgan fingerprint density at radius 1 is 0.943 bits per heavy atom. The molecular formula is C28H27F3N4. The smallest absolute Gasteiger partial charge is 0.217 e. The maximum atomic E-state index is 16.1. The second-order valence-electron chi connectivity index (χ2n) is 9.05. The number of fused-ring (bicyclic) bond motifs is 3. The van der Waals surface area contributed by atoms with Gasteiger partial charge in [-0.15, -0.1) is 0 Å². The molecule has 3 N–H and O–H groups in total. The predicted molar refractivity (Wildman–Crippen MR) is 134 cm³/mol. The summed E-state index contributed by atoms with van der Waals surface area (Å²) in [6.07, 6.45) is 1.87. The molecule has 0 aliphatic rings. The first-order valence-electron chi connectivity index (χ1n) is 11.8. The van der Waals surface area contributed by atoms with Crippen LogP contribution in [0.2, 0.25) is 0 Å². The highest BCUT2D eigenvalue weighted by atomic mass is 19.1. The molecule has 0 aliphatic heterocycles. The normalized spacial score (nSPS) is 12.6. The second kappa shape index (κ2) is 9.58. The summed E-state index contributed by atoms with van der Waals surface area (Å²) in [5.74, 6) is -1.10. The molecule has 0 bridgehead atoms. The van der Waals surface area contributed by atoms with Crippen LogP contribution in [0.15, 0.2) is 60.7 Å². The van der Waals surface area contributed by atoms with Crippen LogP contribution in [0.3, 0.4) is 0 Å². The van der Waals surface area contributed by atoms with Crippen LogP contribution >= 0.6 is 0 Å². The van der Waals surface area contributed by atoms with Gasteiger partial charge in [-0.2, -0.15) is 9.49 Å². The highest BCUT2D eigenvalue weighted by molar-refractivity contribution is 6.08. The number of aryl methyl sites for hydroxylation is 2. The Balaban J connectivity index is 1.58. The van der Waals surface area contributed by atoms with Crippen LogP contribution in [0.25, 0.3) is 33.1 Å². The van der Waals surface area contributed by atoms with E-state index in [2.05, 4.69) is 10.2 Å². The molecule has 7 heteroatoms. The van der Waals surface area contributed by atoms with Gasteiger partial charge in [0.15, 0.2) is 5.82 Å². The monoisotopic (exact) mass is 476 g/mol. The minimum absolute atomic E-state index is 0.147. The number of alkyl halides is 1. The number of nitrogens with two attached hydrogens (primary N) is 1.